The Balaban J connectivity index is 1.69. The second-order valence-corrected chi connectivity index (χ2v) is 7.66. The number of nitrogens with one attached hydrogen (secondary N) is 1. The first-order chi connectivity index (χ1) is 15.5. The van der Waals surface area contributed by atoms with Gasteiger partial charge >= 0.3 is 0 Å². The maximum absolute atomic E-state index is 15.0. The van der Waals surface area contributed by atoms with Crippen molar-refractivity contribution in [3.63, 3.8) is 0 Å². The van der Waals surface area contributed by atoms with Gasteiger partial charge in [-0.05, 0) is 37.6 Å². The lowest BCUT2D eigenvalue weighted by atomic mass is 10.1. The van der Waals surface area contributed by atoms with Gasteiger partial charge in [-0.3, -0.25) is 4.79 Å². The summed E-state index contributed by atoms with van der Waals surface area (Å²) < 4.78 is 44.3. The van der Waals surface area contributed by atoms with E-state index in [0.717, 1.165) is 28.9 Å². The molecule has 0 fully saturated rings. The van der Waals surface area contributed by atoms with Crippen molar-refractivity contribution in [3.05, 3.63) is 69.9 Å². The Labute approximate surface area is 189 Å². The largest absolute Gasteiger partial charge is 0.382 e. The molecule has 33 heavy (non-hydrogen) atoms. The number of carbonyl (C=O) groups excluding carboxylic acids is 1. The molecule has 0 aliphatic rings. The van der Waals surface area contributed by atoms with Gasteiger partial charge in [0.25, 0.3) is 5.91 Å². The fraction of sp³-hybridized carbons (Fsp3) is 0.143. The van der Waals surface area contributed by atoms with Crippen LogP contribution >= 0.6 is 11.6 Å². The Morgan fingerprint density at radius 2 is 1.85 bits per heavy atom. The fourth-order valence-electron chi connectivity index (χ4n) is 3.35. The van der Waals surface area contributed by atoms with Crippen molar-refractivity contribution in [1.82, 2.24) is 19.7 Å². The number of amides is 1. The van der Waals surface area contributed by atoms with Crippen LogP contribution in [-0.4, -0.2) is 30.8 Å². The smallest absolute Gasteiger partial charge is 0.257 e. The zero-order valence-corrected chi connectivity index (χ0v) is 18.0. The Bertz CT molecular complexity index is 1410. The zero-order chi connectivity index (χ0) is 24.0. The summed E-state index contributed by atoms with van der Waals surface area (Å²) in [6.45, 7) is 3.27. The molecule has 1 atom stereocenters. The van der Waals surface area contributed by atoms with Crippen molar-refractivity contribution < 1.29 is 23.1 Å². The number of benzene rings is 2. The highest BCUT2D eigenvalue weighted by molar-refractivity contribution is 6.30. The Kier molecular flexibility index (Phi) is 5.68. The lowest BCUT2D eigenvalue weighted by molar-refractivity contribution is -0.124. The molecular weight excluding hydrogens is 461 g/mol. The van der Waals surface area contributed by atoms with Gasteiger partial charge in [0.15, 0.2) is 17.7 Å². The molecule has 0 radical (unpaired) electrons. The van der Waals surface area contributed by atoms with Crippen LogP contribution in [0.15, 0.2) is 30.3 Å². The molecule has 0 spiro atoms. The molecule has 1 amide bonds. The van der Waals surface area contributed by atoms with Crippen LogP contribution in [0.5, 0.6) is 0 Å². The molecule has 0 saturated heterocycles. The number of nitrogens with two attached hydrogens (primary N) is 1. The van der Waals surface area contributed by atoms with Crippen molar-refractivity contribution in [3.8, 4) is 5.69 Å². The number of aromatic nitrogens is 4. The maximum atomic E-state index is 15.0. The lowest BCUT2D eigenvalue weighted by Gasteiger charge is -2.14. The van der Waals surface area contributed by atoms with Gasteiger partial charge < -0.3 is 16.2 Å². The highest BCUT2D eigenvalue weighted by Gasteiger charge is 2.23. The first-order valence-electron chi connectivity index (χ1n) is 9.49. The predicted molar refractivity (Wildman–Crippen MR) is 115 cm³/mol. The van der Waals surface area contributed by atoms with E-state index < -0.39 is 35.2 Å². The van der Waals surface area contributed by atoms with Crippen molar-refractivity contribution in [2.75, 3.05) is 11.1 Å². The second kappa shape index (κ2) is 8.34. The number of aliphatic hydroxyl groups excluding tert-OH is 1. The minimum Gasteiger partial charge on any atom is -0.382 e. The molecule has 2 heterocycles. The molecule has 2 aromatic heterocycles. The van der Waals surface area contributed by atoms with E-state index in [9.17, 15) is 23.1 Å². The quantitative estimate of drug-likeness (QED) is 0.412. The van der Waals surface area contributed by atoms with Gasteiger partial charge in [-0.1, -0.05) is 11.6 Å². The van der Waals surface area contributed by atoms with E-state index in [-0.39, 0.29) is 27.6 Å². The fourth-order valence-corrected chi connectivity index (χ4v) is 3.58. The summed E-state index contributed by atoms with van der Waals surface area (Å²) in [5.41, 5.74) is 5.97. The summed E-state index contributed by atoms with van der Waals surface area (Å²) >= 11 is 5.73. The third-order valence-corrected chi connectivity index (χ3v) is 5.02. The number of aliphatic hydroxyl groups is 1. The van der Waals surface area contributed by atoms with Gasteiger partial charge in [-0.2, -0.15) is 5.10 Å². The Morgan fingerprint density at radius 1 is 1.12 bits per heavy atom. The highest BCUT2D eigenvalue weighted by Crippen LogP contribution is 2.29. The molecule has 0 aliphatic carbocycles. The second-order valence-electron chi connectivity index (χ2n) is 7.23. The third-order valence-electron chi connectivity index (χ3n) is 4.80. The van der Waals surface area contributed by atoms with Crippen molar-refractivity contribution in [2.24, 2.45) is 0 Å². The summed E-state index contributed by atoms with van der Waals surface area (Å²) in [6, 6.07) is 4.59. The Morgan fingerprint density at radius 3 is 2.55 bits per heavy atom. The number of hydrogen-bond donors (Lipinski definition) is 3. The number of aryl methyl sites for hydroxylation is 2. The van der Waals surface area contributed by atoms with Gasteiger partial charge in [0.2, 0.25) is 0 Å². The van der Waals surface area contributed by atoms with Gasteiger partial charge in [-0.15, -0.1) is 0 Å². The van der Waals surface area contributed by atoms with Gasteiger partial charge in [0, 0.05) is 17.2 Å². The van der Waals surface area contributed by atoms with E-state index in [0.29, 0.717) is 17.0 Å². The van der Waals surface area contributed by atoms with Gasteiger partial charge in [0.05, 0.1) is 11.4 Å². The van der Waals surface area contributed by atoms with Crippen LogP contribution in [0.1, 0.15) is 23.2 Å². The minimum absolute atomic E-state index is 0.0344. The summed E-state index contributed by atoms with van der Waals surface area (Å²) in [6.07, 6.45) is -1.88. The average molecular weight is 477 g/mol. The summed E-state index contributed by atoms with van der Waals surface area (Å²) in [5, 5.41) is 16.4. The number of nitrogen functional groups attached to an aromatic ring is 1. The molecule has 4 rings (SSSR count). The molecule has 4 aromatic rings. The van der Waals surface area contributed by atoms with E-state index in [4.69, 9.17) is 17.3 Å². The first-order valence-corrected chi connectivity index (χ1v) is 9.86. The monoisotopic (exact) mass is 476 g/mol. The van der Waals surface area contributed by atoms with E-state index in [1.165, 1.54) is 6.07 Å². The zero-order valence-electron chi connectivity index (χ0n) is 17.2. The number of halogens is 4. The van der Waals surface area contributed by atoms with Gasteiger partial charge in [0.1, 0.15) is 34.2 Å². The number of nitrogens with zero attached hydrogens (tertiary/aromatic N) is 4. The first kappa shape index (κ1) is 22.5. The van der Waals surface area contributed by atoms with Crippen LogP contribution in [0.4, 0.5) is 24.7 Å². The van der Waals surface area contributed by atoms with E-state index >= 15 is 0 Å². The van der Waals surface area contributed by atoms with E-state index in [2.05, 4.69) is 20.4 Å². The number of fused-ring (bicyclic) bond motifs is 1. The van der Waals surface area contributed by atoms with Crippen LogP contribution < -0.4 is 11.1 Å². The number of carbonyl (C=O) groups is 1. The number of hydrogen-bond acceptors (Lipinski definition) is 6. The average Bonchev–Trinajstić information content (AvgIpc) is 3.05. The maximum Gasteiger partial charge on any atom is 0.257 e. The summed E-state index contributed by atoms with van der Waals surface area (Å²) in [5.74, 6) is -3.42. The van der Waals surface area contributed by atoms with Crippen LogP contribution in [0, 0.1) is 31.3 Å². The van der Waals surface area contributed by atoms with Crippen LogP contribution in [-0.2, 0) is 4.79 Å². The van der Waals surface area contributed by atoms with Gasteiger partial charge in [-0.25, -0.2) is 27.8 Å². The highest BCUT2D eigenvalue weighted by atomic mass is 35.5. The molecule has 2 aromatic carbocycles. The van der Waals surface area contributed by atoms with Crippen LogP contribution in [0.2, 0.25) is 5.02 Å². The molecule has 4 N–H and O–H groups in total. The standard InChI is InChI=1S/C21H16ClF3N6O2/c1-8-17-18(20(26)28-9(2)27-17)31(30-8)16-7-13(24)15(6-14(16)25)29-21(33)19(32)10-3-11(22)5-12(23)4-10/h3-7,19,32H,1-2H3,(H,29,33)(H2,26,27,28)/t19-/m1/s1. The van der Waals surface area contributed by atoms with Crippen LogP contribution in [0.25, 0.3) is 16.7 Å². The SMILES string of the molecule is Cc1nc(N)c2c(n1)c(C)nn2-c1cc(F)c(NC(=O)[C@H](O)c2cc(F)cc(Cl)c2)cc1F. The third kappa shape index (κ3) is 4.20. The summed E-state index contributed by atoms with van der Waals surface area (Å²) in [4.78, 5) is 20.6. The molecule has 170 valence electrons. The van der Waals surface area contributed by atoms with Crippen molar-refractivity contribution in [1.29, 1.82) is 0 Å². The van der Waals surface area contributed by atoms with E-state index in [1.54, 1.807) is 13.8 Å². The van der Waals surface area contributed by atoms with E-state index in [1.807, 2.05) is 0 Å². The summed E-state index contributed by atoms with van der Waals surface area (Å²) in [7, 11) is 0. The minimum atomic E-state index is -1.88. The van der Waals surface area contributed by atoms with Crippen molar-refractivity contribution >= 4 is 40.0 Å². The molecule has 0 bridgehead atoms. The lowest BCUT2D eigenvalue weighted by Crippen LogP contribution is -2.22. The molecule has 0 aliphatic heterocycles. The number of rotatable bonds is 4. The number of anilines is 2. The predicted octanol–water partition coefficient (Wildman–Crippen LogP) is 3.76. The molecule has 12 heteroatoms. The molecule has 0 saturated carbocycles. The topological polar surface area (TPSA) is 119 Å². The molecule has 0 unspecified atom stereocenters. The normalized spacial score (nSPS) is 12.2. The molecular formula is C21H16ClF3N6O2. The Hall–Kier alpha value is -3.70. The molecule has 8 nitrogen and oxygen atoms in total. The van der Waals surface area contributed by atoms with Crippen LogP contribution in [0.3, 0.4) is 0 Å². The van der Waals surface area contributed by atoms with Crippen molar-refractivity contribution in [2.45, 2.75) is 20.0 Å².